The van der Waals surface area contributed by atoms with Gasteiger partial charge in [-0.3, -0.25) is 14.9 Å². The first-order valence-electron chi connectivity index (χ1n) is 10.1. The number of rotatable bonds is 7. The lowest BCUT2D eigenvalue weighted by molar-refractivity contribution is -0.123. The van der Waals surface area contributed by atoms with Crippen molar-refractivity contribution < 1.29 is 27.5 Å². The van der Waals surface area contributed by atoms with Crippen molar-refractivity contribution in [3.05, 3.63) is 59.7 Å². The third-order valence-electron chi connectivity index (χ3n) is 5.04. The molecule has 9 nitrogen and oxygen atoms in total. The van der Waals surface area contributed by atoms with Crippen LogP contribution >= 0.6 is 0 Å². The molecule has 0 atom stereocenters. The molecule has 0 radical (unpaired) electrons. The highest BCUT2D eigenvalue weighted by Gasteiger charge is 2.26. The van der Waals surface area contributed by atoms with E-state index in [1.165, 1.54) is 26.2 Å². The van der Waals surface area contributed by atoms with Gasteiger partial charge in [0.2, 0.25) is 10.0 Å². The molecule has 1 heterocycles. The summed E-state index contributed by atoms with van der Waals surface area (Å²) in [7, 11) is -0.971. The molecule has 0 spiro atoms. The maximum Gasteiger partial charge on any atom is 0.340 e. The van der Waals surface area contributed by atoms with Gasteiger partial charge in [-0.25, -0.2) is 17.5 Å². The van der Waals surface area contributed by atoms with Crippen LogP contribution in [0.4, 0.5) is 5.69 Å². The Morgan fingerprint density at radius 2 is 1.69 bits per heavy atom. The molecule has 1 fully saturated rings. The van der Waals surface area contributed by atoms with E-state index in [-0.39, 0.29) is 10.5 Å². The van der Waals surface area contributed by atoms with Gasteiger partial charge in [-0.1, -0.05) is 18.2 Å². The van der Waals surface area contributed by atoms with E-state index in [1.807, 2.05) is 4.90 Å². The molecule has 3 rings (SSSR count). The number of benzene rings is 2. The monoisotopic (exact) mass is 459 g/mol. The number of carbonyl (C=O) groups excluding carboxylic acids is 3. The Morgan fingerprint density at radius 3 is 2.31 bits per heavy atom. The van der Waals surface area contributed by atoms with E-state index < -0.39 is 34.4 Å². The lowest BCUT2D eigenvalue weighted by atomic mass is 10.1. The van der Waals surface area contributed by atoms with Gasteiger partial charge >= 0.3 is 5.97 Å². The van der Waals surface area contributed by atoms with Gasteiger partial charge in [-0.05, 0) is 43.2 Å². The average molecular weight is 460 g/mol. The predicted molar refractivity (Wildman–Crippen MR) is 118 cm³/mol. The maximum atomic E-state index is 12.8. The molecule has 0 bridgehead atoms. The van der Waals surface area contributed by atoms with Crippen LogP contribution < -0.4 is 10.2 Å². The molecule has 32 heavy (non-hydrogen) atoms. The van der Waals surface area contributed by atoms with Gasteiger partial charge in [-0.15, -0.1) is 0 Å². The molecule has 0 unspecified atom stereocenters. The summed E-state index contributed by atoms with van der Waals surface area (Å²) in [5.74, 6) is -2.24. The van der Waals surface area contributed by atoms with Crippen molar-refractivity contribution in [1.82, 2.24) is 9.62 Å². The first-order chi connectivity index (χ1) is 15.2. The Hall–Kier alpha value is -3.24. The number of nitrogens with zero attached hydrogens (tertiary/aromatic N) is 2. The van der Waals surface area contributed by atoms with E-state index in [4.69, 9.17) is 4.74 Å². The Kier molecular flexibility index (Phi) is 7.26. The SMILES string of the molecule is CN(C)S(=O)(=O)c1ccc(N2CCCC2)c(C(=O)OCC(=O)NC(=O)c2ccccc2)c1. The molecule has 1 saturated heterocycles. The summed E-state index contributed by atoms with van der Waals surface area (Å²) in [6.45, 7) is 0.778. The molecule has 0 aliphatic carbocycles. The van der Waals surface area contributed by atoms with Crippen LogP contribution in [0.1, 0.15) is 33.6 Å². The van der Waals surface area contributed by atoms with E-state index in [9.17, 15) is 22.8 Å². The van der Waals surface area contributed by atoms with Crippen LogP contribution in [0.5, 0.6) is 0 Å². The minimum Gasteiger partial charge on any atom is -0.452 e. The second kappa shape index (κ2) is 9.92. The van der Waals surface area contributed by atoms with Gasteiger partial charge in [0.15, 0.2) is 6.61 Å². The summed E-state index contributed by atoms with van der Waals surface area (Å²) in [4.78, 5) is 38.9. The fraction of sp³-hybridized carbons (Fsp3) is 0.318. The zero-order valence-corrected chi connectivity index (χ0v) is 18.7. The minimum absolute atomic E-state index is 0.0528. The summed E-state index contributed by atoms with van der Waals surface area (Å²) in [5, 5.41) is 2.16. The largest absolute Gasteiger partial charge is 0.452 e. The molecular weight excluding hydrogens is 434 g/mol. The summed E-state index contributed by atoms with van der Waals surface area (Å²) < 4.78 is 31.2. The summed E-state index contributed by atoms with van der Waals surface area (Å²) in [5.41, 5.74) is 0.896. The molecule has 1 aliphatic rings. The minimum atomic E-state index is -3.77. The molecule has 1 N–H and O–H groups in total. The highest BCUT2D eigenvalue weighted by Crippen LogP contribution is 2.28. The zero-order chi connectivity index (χ0) is 23.3. The van der Waals surface area contributed by atoms with Gasteiger partial charge < -0.3 is 9.64 Å². The smallest absolute Gasteiger partial charge is 0.340 e. The zero-order valence-electron chi connectivity index (χ0n) is 17.9. The number of imide groups is 1. The van der Waals surface area contributed by atoms with E-state index in [1.54, 1.807) is 36.4 Å². The first kappa shape index (κ1) is 23.4. The van der Waals surface area contributed by atoms with E-state index in [0.29, 0.717) is 11.3 Å². The lowest BCUT2D eigenvalue weighted by Gasteiger charge is -2.22. The molecule has 2 aromatic rings. The maximum absolute atomic E-state index is 12.8. The van der Waals surface area contributed by atoms with Crippen molar-refractivity contribution in [1.29, 1.82) is 0 Å². The van der Waals surface area contributed by atoms with Crippen molar-refractivity contribution in [2.75, 3.05) is 38.7 Å². The molecule has 170 valence electrons. The number of nitrogens with one attached hydrogen (secondary N) is 1. The van der Waals surface area contributed by atoms with Gasteiger partial charge in [0.05, 0.1) is 16.1 Å². The number of anilines is 1. The topological polar surface area (TPSA) is 113 Å². The third-order valence-corrected chi connectivity index (χ3v) is 6.85. The number of ether oxygens (including phenoxy) is 1. The van der Waals surface area contributed by atoms with Gasteiger partial charge in [0.1, 0.15) is 0 Å². The van der Waals surface area contributed by atoms with Crippen molar-refractivity contribution in [2.45, 2.75) is 17.7 Å². The number of amides is 2. The van der Waals surface area contributed by atoms with Gasteiger partial charge in [0.25, 0.3) is 11.8 Å². The number of hydrogen-bond acceptors (Lipinski definition) is 7. The van der Waals surface area contributed by atoms with E-state index >= 15 is 0 Å². The number of sulfonamides is 1. The third kappa shape index (κ3) is 5.32. The number of esters is 1. The van der Waals surface area contributed by atoms with Crippen LogP contribution in [0.15, 0.2) is 53.4 Å². The van der Waals surface area contributed by atoms with Crippen molar-refractivity contribution in [2.24, 2.45) is 0 Å². The molecular formula is C22H25N3O6S. The molecule has 10 heteroatoms. The highest BCUT2D eigenvalue weighted by molar-refractivity contribution is 7.89. The molecule has 0 saturated carbocycles. The summed E-state index contributed by atoms with van der Waals surface area (Å²) >= 11 is 0. The van der Waals surface area contributed by atoms with E-state index in [2.05, 4.69) is 5.32 Å². The Balaban J connectivity index is 1.76. The molecule has 2 aromatic carbocycles. The average Bonchev–Trinajstić information content (AvgIpc) is 3.32. The number of carbonyl (C=O) groups is 3. The second-order valence-corrected chi connectivity index (χ2v) is 9.63. The predicted octanol–water partition coefficient (Wildman–Crippen LogP) is 1.65. The summed E-state index contributed by atoms with van der Waals surface area (Å²) in [6, 6.07) is 12.5. The van der Waals surface area contributed by atoms with Crippen molar-refractivity contribution >= 4 is 33.5 Å². The van der Waals surface area contributed by atoms with Crippen LogP contribution in [0.2, 0.25) is 0 Å². The van der Waals surface area contributed by atoms with Crippen molar-refractivity contribution in [3.63, 3.8) is 0 Å². The Labute approximate surface area is 187 Å². The normalized spacial score (nSPS) is 13.8. The van der Waals surface area contributed by atoms with Gasteiger partial charge in [0, 0.05) is 32.7 Å². The van der Waals surface area contributed by atoms with Crippen LogP contribution in [-0.4, -0.2) is 64.3 Å². The fourth-order valence-corrected chi connectivity index (χ4v) is 4.25. The Morgan fingerprint density at radius 1 is 1.03 bits per heavy atom. The Bertz CT molecular complexity index is 1110. The highest BCUT2D eigenvalue weighted by atomic mass is 32.2. The van der Waals surface area contributed by atoms with Crippen LogP contribution in [-0.2, 0) is 19.6 Å². The van der Waals surface area contributed by atoms with Crippen molar-refractivity contribution in [3.8, 4) is 0 Å². The quantitative estimate of drug-likeness (QED) is 0.627. The summed E-state index contributed by atoms with van der Waals surface area (Å²) in [6.07, 6.45) is 1.91. The van der Waals surface area contributed by atoms with Crippen LogP contribution in [0.3, 0.4) is 0 Å². The fourth-order valence-electron chi connectivity index (χ4n) is 3.32. The first-order valence-corrected chi connectivity index (χ1v) is 11.5. The van der Waals surface area contributed by atoms with E-state index in [0.717, 1.165) is 30.2 Å². The number of hydrogen-bond donors (Lipinski definition) is 1. The van der Waals surface area contributed by atoms with Crippen LogP contribution in [0, 0.1) is 0 Å². The standard InChI is InChI=1S/C22H25N3O6S/c1-24(2)32(29,30)17-10-11-19(25-12-6-7-13-25)18(14-17)22(28)31-15-20(26)23-21(27)16-8-4-3-5-9-16/h3-5,8-11,14H,6-7,12-13,15H2,1-2H3,(H,23,26,27). The second-order valence-electron chi connectivity index (χ2n) is 7.48. The van der Waals surface area contributed by atoms with Crippen LogP contribution in [0.25, 0.3) is 0 Å². The molecule has 2 amide bonds. The molecule has 0 aromatic heterocycles. The molecule has 1 aliphatic heterocycles. The van der Waals surface area contributed by atoms with Gasteiger partial charge in [-0.2, -0.15) is 0 Å². The lowest BCUT2D eigenvalue weighted by Crippen LogP contribution is -2.34.